The lowest BCUT2D eigenvalue weighted by Crippen LogP contribution is -2.34. The number of aryl methyl sites for hydroxylation is 2. The Bertz CT molecular complexity index is 1050. The molecule has 0 unspecified atom stereocenters. The van der Waals surface area contributed by atoms with E-state index in [9.17, 15) is 14.7 Å². The lowest BCUT2D eigenvalue weighted by Gasteiger charge is -2.13. The van der Waals surface area contributed by atoms with Crippen molar-refractivity contribution in [2.24, 2.45) is 12.5 Å². The molecular weight excluding hydrogens is 344 g/mol. The van der Waals surface area contributed by atoms with Gasteiger partial charge in [-0.05, 0) is 25.8 Å². The van der Waals surface area contributed by atoms with Crippen LogP contribution in [0.5, 0.6) is 0 Å². The quantitative estimate of drug-likeness (QED) is 0.725. The number of aliphatic carboxylic acids is 1. The topological polar surface area (TPSA) is 97.1 Å². The molecule has 0 aliphatic heterocycles. The van der Waals surface area contributed by atoms with Crippen molar-refractivity contribution >= 4 is 22.9 Å². The second kappa shape index (κ2) is 6.19. The van der Waals surface area contributed by atoms with Crippen LogP contribution in [0.2, 0.25) is 0 Å². The highest BCUT2D eigenvalue weighted by Gasteiger charge is 2.50. The van der Waals surface area contributed by atoms with Crippen molar-refractivity contribution in [3.63, 3.8) is 0 Å². The number of carbonyl (C=O) groups is 2. The highest BCUT2D eigenvalue weighted by molar-refractivity contribution is 6.07. The molecule has 4 rings (SSSR count). The Hall–Kier alpha value is -3.22. The molecule has 2 heterocycles. The van der Waals surface area contributed by atoms with E-state index in [1.807, 2.05) is 37.3 Å². The van der Waals surface area contributed by atoms with Crippen molar-refractivity contribution < 1.29 is 14.7 Å². The number of hydrogen-bond donors (Lipinski definition) is 2. The van der Waals surface area contributed by atoms with E-state index in [0.29, 0.717) is 40.8 Å². The lowest BCUT2D eigenvalue weighted by molar-refractivity contribution is -0.143. The number of benzene rings is 1. The first-order valence-electron chi connectivity index (χ1n) is 8.83. The third kappa shape index (κ3) is 2.95. The average molecular weight is 364 g/mol. The summed E-state index contributed by atoms with van der Waals surface area (Å²) in [5, 5.41) is 17.2. The maximum Gasteiger partial charge on any atom is 0.311 e. The van der Waals surface area contributed by atoms with Crippen molar-refractivity contribution in [1.29, 1.82) is 0 Å². The first kappa shape index (κ1) is 17.2. The zero-order valence-electron chi connectivity index (χ0n) is 15.2. The monoisotopic (exact) mass is 364 g/mol. The van der Waals surface area contributed by atoms with Crippen molar-refractivity contribution in [3.05, 3.63) is 47.7 Å². The molecule has 7 nitrogen and oxygen atoms in total. The van der Waals surface area contributed by atoms with Crippen molar-refractivity contribution in [2.75, 3.05) is 6.54 Å². The molecule has 1 aliphatic rings. The third-order valence-corrected chi connectivity index (χ3v) is 5.18. The van der Waals surface area contributed by atoms with Crippen molar-refractivity contribution in [2.45, 2.75) is 19.8 Å². The molecule has 3 aromatic rings. The molecule has 0 saturated heterocycles. The van der Waals surface area contributed by atoms with E-state index in [4.69, 9.17) is 0 Å². The fraction of sp³-hybridized carbons (Fsp3) is 0.300. The Kier molecular flexibility index (Phi) is 3.95. The summed E-state index contributed by atoms with van der Waals surface area (Å²) in [6, 6.07) is 11.4. The Morgan fingerprint density at radius 1 is 1.26 bits per heavy atom. The molecule has 1 aromatic carbocycles. The van der Waals surface area contributed by atoms with Gasteiger partial charge in [0.05, 0.1) is 27.8 Å². The van der Waals surface area contributed by atoms with Gasteiger partial charge in [-0.1, -0.05) is 30.3 Å². The minimum atomic E-state index is -0.856. The second-order valence-electron chi connectivity index (χ2n) is 7.10. The highest BCUT2D eigenvalue weighted by Crippen LogP contribution is 2.45. The number of amides is 1. The normalized spacial score (nSPS) is 14.9. The summed E-state index contributed by atoms with van der Waals surface area (Å²) in [6.07, 6.45) is 1.19. The number of carboxylic acid groups (broad SMARTS) is 1. The van der Waals surface area contributed by atoms with Gasteiger partial charge in [-0.15, -0.1) is 0 Å². The number of pyridine rings is 1. The molecule has 2 aromatic heterocycles. The summed E-state index contributed by atoms with van der Waals surface area (Å²) in [5.74, 6) is -1.16. The number of aromatic nitrogens is 3. The van der Waals surface area contributed by atoms with E-state index in [1.54, 1.807) is 17.8 Å². The van der Waals surface area contributed by atoms with Crippen LogP contribution >= 0.6 is 0 Å². The first-order valence-corrected chi connectivity index (χ1v) is 8.83. The van der Waals surface area contributed by atoms with Gasteiger partial charge in [-0.2, -0.15) is 5.10 Å². The summed E-state index contributed by atoms with van der Waals surface area (Å²) in [4.78, 5) is 29.0. The van der Waals surface area contributed by atoms with Crippen LogP contribution in [0.1, 0.15) is 28.9 Å². The molecule has 1 saturated carbocycles. The Morgan fingerprint density at radius 2 is 1.96 bits per heavy atom. The summed E-state index contributed by atoms with van der Waals surface area (Å²) in [7, 11) is 1.79. The molecule has 0 bridgehead atoms. The zero-order valence-corrected chi connectivity index (χ0v) is 15.2. The Labute approximate surface area is 156 Å². The smallest absolute Gasteiger partial charge is 0.311 e. The maximum atomic E-state index is 12.9. The van der Waals surface area contributed by atoms with Crippen LogP contribution in [0.4, 0.5) is 0 Å². The van der Waals surface area contributed by atoms with Gasteiger partial charge in [-0.3, -0.25) is 14.3 Å². The van der Waals surface area contributed by atoms with Gasteiger partial charge in [0.1, 0.15) is 0 Å². The van der Waals surface area contributed by atoms with Gasteiger partial charge >= 0.3 is 5.97 Å². The maximum absolute atomic E-state index is 12.9. The fourth-order valence-electron chi connectivity index (χ4n) is 3.34. The van der Waals surface area contributed by atoms with Crippen LogP contribution in [-0.4, -0.2) is 38.3 Å². The number of hydrogen-bond acceptors (Lipinski definition) is 4. The summed E-state index contributed by atoms with van der Waals surface area (Å²) in [6.45, 7) is 1.97. The van der Waals surface area contributed by atoms with Crippen LogP contribution in [-0.2, 0) is 11.8 Å². The minimum absolute atomic E-state index is 0.130. The number of rotatable bonds is 5. The molecule has 0 spiro atoms. The Morgan fingerprint density at radius 3 is 2.59 bits per heavy atom. The molecular formula is C20H20N4O3. The fourth-order valence-corrected chi connectivity index (χ4v) is 3.34. The standard InChI is InChI=1S/C20H20N4O3/c1-12-16-14(18(25)21-11-20(8-9-20)19(26)27)10-15(13-6-4-3-5-7-13)22-17(16)24(2)23-12/h3-7,10H,8-9,11H2,1-2H3,(H,21,25)(H,26,27). The zero-order chi connectivity index (χ0) is 19.2. The van der Waals surface area contributed by atoms with Crippen molar-refractivity contribution in [1.82, 2.24) is 20.1 Å². The number of carbonyl (C=O) groups excluding carboxylic acids is 1. The molecule has 7 heteroatoms. The SMILES string of the molecule is Cc1nn(C)c2nc(-c3ccccc3)cc(C(=O)NCC3(C(=O)O)CC3)c12. The lowest BCUT2D eigenvalue weighted by atomic mass is 10.0. The molecule has 0 radical (unpaired) electrons. The number of nitrogens with zero attached hydrogens (tertiary/aromatic N) is 3. The van der Waals surface area contributed by atoms with Gasteiger partial charge in [-0.25, -0.2) is 4.98 Å². The van der Waals surface area contributed by atoms with Gasteiger partial charge < -0.3 is 10.4 Å². The van der Waals surface area contributed by atoms with Gasteiger partial charge in [0, 0.05) is 19.2 Å². The number of carboxylic acids is 1. The third-order valence-electron chi connectivity index (χ3n) is 5.18. The van der Waals surface area contributed by atoms with Crippen LogP contribution in [0, 0.1) is 12.3 Å². The first-order chi connectivity index (χ1) is 12.9. The van der Waals surface area contributed by atoms with Gasteiger partial charge in [0.2, 0.25) is 0 Å². The van der Waals surface area contributed by atoms with Gasteiger partial charge in [0.25, 0.3) is 5.91 Å². The van der Waals surface area contributed by atoms with Crippen LogP contribution in [0.25, 0.3) is 22.3 Å². The molecule has 2 N–H and O–H groups in total. The number of nitrogens with one attached hydrogen (secondary N) is 1. The van der Waals surface area contributed by atoms with Crippen LogP contribution in [0.15, 0.2) is 36.4 Å². The average Bonchev–Trinajstić information content (AvgIpc) is 3.41. The number of fused-ring (bicyclic) bond motifs is 1. The molecule has 1 fully saturated rings. The molecule has 1 amide bonds. The van der Waals surface area contributed by atoms with E-state index in [0.717, 1.165) is 5.56 Å². The minimum Gasteiger partial charge on any atom is -0.481 e. The molecule has 138 valence electrons. The summed E-state index contributed by atoms with van der Waals surface area (Å²) in [5.41, 5.74) is 2.56. The van der Waals surface area contributed by atoms with E-state index < -0.39 is 11.4 Å². The van der Waals surface area contributed by atoms with E-state index in [-0.39, 0.29) is 12.5 Å². The summed E-state index contributed by atoms with van der Waals surface area (Å²) < 4.78 is 1.66. The predicted molar refractivity (Wildman–Crippen MR) is 100 cm³/mol. The molecule has 27 heavy (non-hydrogen) atoms. The molecule has 1 aliphatic carbocycles. The predicted octanol–water partition coefficient (Wildman–Crippen LogP) is 2.54. The highest BCUT2D eigenvalue weighted by atomic mass is 16.4. The summed E-state index contributed by atoms with van der Waals surface area (Å²) >= 11 is 0. The Balaban J connectivity index is 1.76. The van der Waals surface area contributed by atoms with Crippen LogP contribution < -0.4 is 5.32 Å². The second-order valence-corrected chi connectivity index (χ2v) is 7.10. The van der Waals surface area contributed by atoms with E-state index in [2.05, 4.69) is 15.4 Å². The van der Waals surface area contributed by atoms with E-state index >= 15 is 0 Å². The van der Waals surface area contributed by atoms with Gasteiger partial charge in [0.15, 0.2) is 5.65 Å². The van der Waals surface area contributed by atoms with Crippen LogP contribution in [0.3, 0.4) is 0 Å². The molecule has 0 atom stereocenters. The van der Waals surface area contributed by atoms with E-state index in [1.165, 1.54) is 0 Å². The van der Waals surface area contributed by atoms with Crippen molar-refractivity contribution in [3.8, 4) is 11.3 Å². The largest absolute Gasteiger partial charge is 0.481 e.